The lowest BCUT2D eigenvalue weighted by Crippen LogP contribution is -2.21. The van der Waals surface area contributed by atoms with Gasteiger partial charge in [0.25, 0.3) is 5.56 Å². The van der Waals surface area contributed by atoms with Crippen LogP contribution in [0, 0.1) is 0 Å². The average molecular weight is 276 g/mol. The maximum Gasteiger partial charge on any atom is 0.275 e. The molecule has 1 aromatic carbocycles. The number of hydrogen-bond donors (Lipinski definition) is 1. The fraction of sp³-hybridized carbons (Fsp3) is 0.154. The van der Waals surface area contributed by atoms with Gasteiger partial charge in [-0.05, 0) is 12.1 Å². The van der Waals surface area contributed by atoms with Gasteiger partial charge in [-0.25, -0.2) is 0 Å². The van der Waals surface area contributed by atoms with Crippen molar-refractivity contribution in [3.63, 3.8) is 0 Å². The number of aromatic hydroxyl groups is 1. The van der Waals surface area contributed by atoms with Gasteiger partial charge in [0.15, 0.2) is 29.2 Å². The fourth-order valence-electron chi connectivity index (χ4n) is 1.69. The van der Waals surface area contributed by atoms with E-state index in [0.29, 0.717) is 23.5 Å². The van der Waals surface area contributed by atoms with Crippen LogP contribution in [0.3, 0.4) is 0 Å². The highest BCUT2D eigenvalue weighted by atomic mass is 16.5. The number of nitrogens with zero attached hydrogens (tertiary/aromatic N) is 2. The van der Waals surface area contributed by atoms with E-state index in [1.165, 1.54) is 14.2 Å². The number of aromatic nitrogens is 2. The van der Waals surface area contributed by atoms with Gasteiger partial charge in [-0.15, -0.1) is 0 Å². The Kier molecular flexibility index (Phi) is 3.69. The maximum absolute atomic E-state index is 11.8. The van der Waals surface area contributed by atoms with Crippen LogP contribution in [0.4, 0.5) is 0 Å². The lowest BCUT2D eigenvalue weighted by molar-refractivity contribution is 0.111. The van der Waals surface area contributed by atoms with Gasteiger partial charge in [0, 0.05) is 12.1 Å². The zero-order valence-electron chi connectivity index (χ0n) is 10.9. The molecular formula is C13H12N2O5. The summed E-state index contributed by atoms with van der Waals surface area (Å²) < 4.78 is 11.2. The highest BCUT2D eigenvalue weighted by Crippen LogP contribution is 2.28. The Morgan fingerprint density at radius 3 is 2.50 bits per heavy atom. The molecule has 2 rings (SSSR count). The third-order valence-electron chi connectivity index (χ3n) is 2.66. The van der Waals surface area contributed by atoms with Gasteiger partial charge in [-0.1, -0.05) is 0 Å². The first-order valence-electron chi connectivity index (χ1n) is 5.61. The van der Waals surface area contributed by atoms with E-state index in [-0.39, 0.29) is 5.69 Å². The van der Waals surface area contributed by atoms with Crippen LogP contribution in [-0.2, 0) is 0 Å². The normalized spacial score (nSPS) is 10.1. The predicted octanol–water partition coefficient (Wildman–Crippen LogP) is 0.768. The third kappa shape index (κ3) is 2.33. The molecule has 2 aromatic rings. The van der Waals surface area contributed by atoms with Crippen LogP contribution in [0.2, 0.25) is 0 Å². The molecule has 104 valence electrons. The Bertz CT molecular complexity index is 708. The Hall–Kier alpha value is -2.83. The topological polar surface area (TPSA) is 90.7 Å². The molecule has 0 saturated heterocycles. The van der Waals surface area contributed by atoms with Crippen molar-refractivity contribution in [3.05, 3.63) is 40.3 Å². The van der Waals surface area contributed by atoms with Gasteiger partial charge in [-0.3, -0.25) is 9.59 Å². The molecule has 0 fully saturated rings. The maximum atomic E-state index is 11.8. The summed E-state index contributed by atoms with van der Waals surface area (Å²) in [6.45, 7) is 0. The number of carbonyl (C=O) groups is 1. The van der Waals surface area contributed by atoms with Gasteiger partial charge in [-0.2, -0.15) is 9.78 Å². The van der Waals surface area contributed by atoms with Gasteiger partial charge in [0.05, 0.1) is 19.9 Å². The van der Waals surface area contributed by atoms with Crippen molar-refractivity contribution in [2.75, 3.05) is 14.2 Å². The Morgan fingerprint density at radius 1 is 1.20 bits per heavy atom. The molecule has 0 saturated carbocycles. The summed E-state index contributed by atoms with van der Waals surface area (Å²) in [7, 11) is 2.96. The van der Waals surface area contributed by atoms with E-state index >= 15 is 0 Å². The van der Waals surface area contributed by atoms with E-state index in [4.69, 9.17) is 9.47 Å². The quantitative estimate of drug-likeness (QED) is 0.829. The van der Waals surface area contributed by atoms with Crippen molar-refractivity contribution >= 4 is 6.29 Å². The summed E-state index contributed by atoms with van der Waals surface area (Å²) in [5.74, 6) is 0.458. The number of carbonyl (C=O) groups excluding carboxylic acids is 1. The van der Waals surface area contributed by atoms with Crippen molar-refractivity contribution in [2.45, 2.75) is 0 Å². The van der Waals surface area contributed by atoms with Crippen LogP contribution in [0.5, 0.6) is 17.2 Å². The van der Waals surface area contributed by atoms with Crippen molar-refractivity contribution in [1.82, 2.24) is 9.78 Å². The summed E-state index contributed by atoms with van der Waals surface area (Å²) in [6, 6.07) is 5.66. The van der Waals surface area contributed by atoms with Crippen LogP contribution in [0.15, 0.2) is 29.1 Å². The van der Waals surface area contributed by atoms with Crippen molar-refractivity contribution in [3.8, 4) is 22.9 Å². The number of aldehydes is 1. The van der Waals surface area contributed by atoms with Gasteiger partial charge < -0.3 is 14.6 Å². The monoisotopic (exact) mass is 276 g/mol. The first kappa shape index (κ1) is 13.6. The largest absolute Gasteiger partial charge is 0.505 e. The number of rotatable bonds is 4. The SMILES string of the molecule is COc1ccc(-n2nc(C=O)c(O)cc2=O)cc1OC. The molecule has 1 heterocycles. The second-order valence-corrected chi connectivity index (χ2v) is 3.82. The molecule has 20 heavy (non-hydrogen) atoms. The van der Waals surface area contributed by atoms with Gasteiger partial charge in [0.2, 0.25) is 0 Å². The lowest BCUT2D eigenvalue weighted by atomic mass is 10.2. The minimum Gasteiger partial charge on any atom is -0.505 e. The van der Waals surface area contributed by atoms with Crippen LogP contribution in [0.25, 0.3) is 5.69 Å². The fourth-order valence-corrected chi connectivity index (χ4v) is 1.69. The van der Waals surface area contributed by atoms with Crippen LogP contribution >= 0.6 is 0 Å². The minimum absolute atomic E-state index is 0.223. The zero-order chi connectivity index (χ0) is 14.7. The average Bonchev–Trinajstić information content (AvgIpc) is 2.46. The molecule has 0 atom stereocenters. The van der Waals surface area contributed by atoms with E-state index < -0.39 is 11.3 Å². The molecule has 0 radical (unpaired) electrons. The van der Waals surface area contributed by atoms with E-state index in [2.05, 4.69) is 5.10 Å². The van der Waals surface area contributed by atoms with E-state index in [0.717, 1.165) is 10.7 Å². The first-order chi connectivity index (χ1) is 9.60. The van der Waals surface area contributed by atoms with Crippen LogP contribution in [-0.4, -0.2) is 35.4 Å². The molecule has 0 spiro atoms. The van der Waals surface area contributed by atoms with E-state index in [9.17, 15) is 14.7 Å². The lowest BCUT2D eigenvalue weighted by Gasteiger charge is -2.10. The first-order valence-corrected chi connectivity index (χ1v) is 5.61. The smallest absolute Gasteiger partial charge is 0.275 e. The van der Waals surface area contributed by atoms with E-state index in [1.54, 1.807) is 18.2 Å². The summed E-state index contributed by atoms with van der Waals surface area (Å²) >= 11 is 0. The van der Waals surface area contributed by atoms with Crippen LogP contribution in [0.1, 0.15) is 10.5 Å². The van der Waals surface area contributed by atoms with E-state index in [1.807, 2.05) is 0 Å². The van der Waals surface area contributed by atoms with Crippen molar-refractivity contribution in [1.29, 1.82) is 0 Å². The summed E-state index contributed by atoms with van der Waals surface area (Å²) in [6.07, 6.45) is 0.367. The molecule has 7 nitrogen and oxygen atoms in total. The van der Waals surface area contributed by atoms with Gasteiger partial charge in [0.1, 0.15) is 0 Å². The predicted molar refractivity (Wildman–Crippen MR) is 70.0 cm³/mol. The van der Waals surface area contributed by atoms with Crippen molar-refractivity contribution < 1.29 is 19.4 Å². The number of ether oxygens (including phenoxy) is 2. The number of benzene rings is 1. The minimum atomic E-state index is -0.569. The summed E-state index contributed by atoms with van der Waals surface area (Å²) in [5, 5.41) is 13.2. The van der Waals surface area contributed by atoms with Crippen LogP contribution < -0.4 is 15.0 Å². The summed E-state index contributed by atoms with van der Waals surface area (Å²) in [4.78, 5) is 22.6. The Labute approximate surface area is 114 Å². The molecule has 0 aliphatic heterocycles. The number of methoxy groups -OCH3 is 2. The molecule has 0 aliphatic rings. The highest BCUT2D eigenvalue weighted by molar-refractivity contribution is 5.75. The van der Waals surface area contributed by atoms with Gasteiger partial charge >= 0.3 is 0 Å². The molecule has 0 bridgehead atoms. The standard InChI is InChI=1S/C13H12N2O5/c1-19-11-4-3-8(5-12(11)20-2)15-13(18)6-10(17)9(7-16)14-15/h3-7,17H,1-2H3. The summed E-state index contributed by atoms with van der Waals surface area (Å²) in [5.41, 5.74) is -0.407. The molecular weight excluding hydrogens is 264 g/mol. The zero-order valence-corrected chi connectivity index (χ0v) is 10.9. The molecule has 0 unspecified atom stereocenters. The third-order valence-corrected chi connectivity index (χ3v) is 2.66. The molecule has 0 amide bonds. The highest BCUT2D eigenvalue weighted by Gasteiger charge is 2.11. The molecule has 1 N–H and O–H groups in total. The second kappa shape index (κ2) is 5.43. The molecule has 0 aliphatic carbocycles. The molecule has 1 aromatic heterocycles. The molecule has 7 heteroatoms. The second-order valence-electron chi connectivity index (χ2n) is 3.82. The Balaban J connectivity index is 2.62. The van der Waals surface area contributed by atoms with Crippen molar-refractivity contribution in [2.24, 2.45) is 0 Å². The Morgan fingerprint density at radius 2 is 1.90 bits per heavy atom. The number of hydrogen-bond acceptors (Lipinski definition) is 6.